The topological polar surface area (TPSA) is 81.9 Å². The number of nitrogens with zero attached hydrogens (tertiary/aromatic N) is 2. The van der Waals surface area contributed by atoms with E-state index < -0.39 is 4.92 Å². The first-order valence-corrected chi connectivity index (χ1v) is 13.3. The van der Waals surface area contributed by atoms with Crippen molar-refractivity contribution < 1.29 is 19.2 Å². The van der Waals surface area contributed by atoms with Crippen LogP contribution in [0.2, 0.25) is 5.02 Å². The maximum absolute atomic E-state index is 13.1. The zero-order valence-corrected chi connectivity index (χ0v) is 23.3. The molecule has 0 saturated carbocycles. The van der Waals surface area contributed by atoms with Gasteiger partial charge in [-0.2, -0.15) is 0 Å². The molecule has 11 heteroatoms. The lowest BCUT2D eigenvalue weighted by atomic mass is 10.1. The van der Waals surface area contributed by atoms with Crippen molar-refractivity contribution in [3.05, 3.63) is 95.4 Å². The summed E-state index contributed by atoms with van der Waals surface area (Å²) in [6, 6.07) is 16.8. The van der Waals surface area contributed by atoms with Crippen LogP contribution in [-0.2, 0) is 11.4 Å². The SMILES string of the molecule is CCOc1cc(/C=C2\SC(=S)N(c3ccc([N+](=O)[O-])cc3)C2=O)cc(I)c1OCc1ccc(Cl)cc1. The summed E-state index contributed by atoms with van der Waals surface area (Å²) in [7, 11) is 0. The average Bonchev–Trinajstić information content (AvgIpc) is 3.12. The molecule has 0 bridgehead atoms. The lowest BCUT2D eigenvalue weighted by Gasteiger charge is -2.15. The van der Waals surface area contributed by atoms with Gasteiger partial charge in [0.15, 0.2) is 15.8 Å². The molecule has 36 heavy (non-hydrogen) atoms. The largest absolute Gasteiger partial charge is 0.490 e. The van der Waals surface area contributed by atoms with Gasteiger partial charge < -0.3 is 9.47 Å². The summed E-state index contributed by atoms with van der Waals surface area (Å²) in [4.78, 5) is 25.4. The molecule has 3 aromatic rings. The number of halogens is 2. The number of amides is 1. The number of hydrogen-bond acceptors (Lipinski definition) is 7. The highest BCUT2D eigenvalue weighted by Gasteiger charge is 2.33. The van der Waals surface area contributed by atoms with Crippen LogP contribution < -0.4 is 14.4 Å². The third-order valence-corrected chi connectivity index (χ3v) is 7.39. The van der Waals surface area contributed by atoms with Crippen LogP contribution in [0.15, 0.2) is 65.6 Å². The normalized spacial score (nSPS) is 14.4. The van der Waals surface area contributed by atoms with Crippen LogP contribution in [0.5, 0.6) is 11.5 Å². The highest BCUT2D eigenvalue weighted by molar-refractivity contribution is 14.1. The van der Waals surface area contributed by atoms with E-state index in [4.69, 9.17) is 33.3 Å². The van der Waals surface area contributed by atoms with Gasteiger partial charge in [0.2, 0.25) is 0 Å². The second-order valence-electron chi connectivity index (χ2n) is 7.47. The Bertz CT molecular complexity index is 1360. The lowest BCUT2D eigenvalue weighted by molar-refractivity contribution is -0.384. The van der Waals surface area contributed by atoms with Gasteiger partial charge in [0.1, 0.15) is 6.61 Å². The van der Waals surface area contributed by atoms with Crippen LogP contribution >= 0.6 is 58.2 Å². The number of rotatable bonds is 8. The maximum atomic E-state index is 13.1. The molecule has 4 rings (SSSR count). The van der Waals surface area contributed by atoms with Crippen molar-refractivity contribution in [2.75, 3.05) is 11.5 Å². The number of nitro groups is 1. The van der Waals surface area contributed by atoms with Crippen LogP contribution in [0, 0.1) is 13.7 Å². The summed E-state index contributed by atoms with van der Waals surface area (Å²) in [5, 5.41) is 11.6. The fourth-order valence-corrected chi connectivity index (χ4v) is 5.58. The van der Waals surface area contributed by atoms with Crippen molar-refractivity contribution in [3.8, 4) is 11.5 Å². The summed E-state index contributed by atoms with van der Waals surface area (Å²) in [6.07, 6.45) is 1.75. The molecule has 1 saturated heterocycles. The molecule has 0 spiro atoms. The molecule has 1 aliphatic rings. The van der Waals surface area contributed by atoms with Gasteiger partial charge in [0.05, 0.1) is 25.7 Å². The lowest BCUT2D eigenvalue weighted by Crippen LogP contribution is -2.27. The number of thiocarbonyl (C=S) groups is 1. The summed E-state index contributed by atoms with van der Waals surface area (Å²) < 4.78 is 13.1. The standard InChI is InChI=1S/C25H18ClIN2O5S2/c1-2-33-21-12-16(11-20(27)23(21)34-14-15-3-5-17(26)6-4-15)13-22-24(30)28(25(35)36-22)18-7-9-19(10-8-18)29(31)32/h3-13H,2,14H2,1H3/b22-13-. The number of benzene rings is 3. The number of nitro benzene ring substituents is 1. The third-order valence-electron chi connectivity index (χ3n) is 5.04. The molecule has 0 aliphatic carbocycles. The van der Waals surface area contributed by atoms with Crippen LogP contribution in [0.3, 0.4) is 0 Å². The van der Waals surface area contributed by atoms with Gasteiger partial charge in [-0.05, 0) is 83.1 Å². The van der Waals surface area contributed by atoms with Gasteiger partial charge in [-0.15, -0.1) is 0 Å². The molecular formula is C25H18ClIN2O5S2. The second-order valence-corrected chi connectivity index (χ2v) is 10.7. The summed E-state index contributed by atoms with van der Waals surface area (Å²) in [5.74, 6) is 0.883. The van der Waals surface area contributed by atoms with E-state index in [-0.39, 0.29) is 11.6 Å². The van der Waals surface area contributed by atoms with Gasteiger partial charge in [0.25, 0.3) is 11.6 Å². The fraction of sp³-hybridized carbons (Fsp3) is 0.120. The summed E-state index contributed by atoms with van der Waals surface area (Å²) in [5.41, 5.74) is 2.14. The van der Waals surface area contributed by atoms with Gasteiger partial charge in [-0.25, -0.2) is 0 Å². The predicted molar refractivity (Wildman–Crippen MR) is 155 cm³/mol. The zero-order chi connectivity index (χ0) is 25.8. The average molecular weight is 653 g/mol. The van der Waals surface area contributed by atoms with Crippen molar-refractivity contribution >= 4 is 85.9 Å². The van der Waals surface area contributed by atoms with Gasteiger partial charge in [-0.1, -0.05) is 47.7 Å². The molecule has 7 nitrogen and oxygen atoms in total. The highest BCUT2D eigenvalue weighted by Crippen LogP contribution is 2.39. The van der Waals surface area contributed by atoms with Crippen LogP contribution in [0.4, 0.5) is 11.4 Å². The molecule has 184 valence electrons. The number of non-ortho nitro benzene ring substituents is 1. The predicted octanol–water partition coefficient (Wildman–Crippen LogP) is 7.24. The van der Waals surface area contributed by atoms with E-state index in [0.29, 0.717) is 44.6 Å². The molecule has 0 aromatic heterocycles. The first kappa shape index (κ1) is 26.4. The number of anilines is 1. The maximum Gasteiger partial charge on any atom is 0.270 e. The van der Waals surface area contributed by atoms with Gasteiger partial charge in [-0.3, -0.25) is 19.8 Å². The molecule has 0 N–H and O–H groups in total. The molecule has 0 unspecified atom stereocenters. The minimum atomic E-state index is -0.492. The van der Waals surface area contributed by atoms with Crippen LogP contribution in [0.25, 0.3) is 6.08 Å². The van der Waals surface area contributed by atoms with Crippen molar-refractivity contribution in [2.45, 2.75) is 13.5 Å². The minimum absolute atomic E-state index is 0.0591. The number of ether oxygens (including phenoxy) is 2. The molecule has 1 fully saturated rings. The number of hydrogen-bond donors (Lipinski definition) is 0. The molecule has 0 atom stereocenters. The molecule has 0 radical (unpaired) electrons. The number of carbonyl (C=O) groups is 1. The van der Waals surface area contributed by atoms with Crippen LogP contribution in [0.1, 0.15) is 18.1 Å². The van der Waals surface area contributed by atoms with Gasteiger partial charge in [0, 0.05) is 17.2 Å². The van der Waals surface area contributed by atoms with E-state index in [0.717, 1.165) is 14.7 Å². The Morgan fingerprint density at radius 1 is 1.14 bits per heavy atom. The molecule has 1 aliphatic heterocycles. The minimum Gasteiger partial charge on any atom is -0.490 e. The number of thioether (sulfide) groups is 1. The molecule has 1 heterocycles. The quantitative estimate of drug-likeness (QED) is 0.0835. The van der Waals surface area contributed by atoms with E-state index in [2.05, 4.69) is 22.6 Å². The first-order chi connectivity index (χ1) is 17.3. The first-order valence-electron chi connectivity index (χ1n) is 10.6. The Kier molecular flexibility index (Phi) is 8.50. The Balaban J connectivity index is 1.58. The molecule has 3 aromatic carbocycles. The van der Waals surface area contributed by atoms with Crippen molar-refractivity contribution in [1.82, 2.24) is 0 Å². The monoisotopic (exact) mass is 652 g/mol. The third kappa shape index (κ3) is 6.00. The summed E-state index contributed by atoms with van der Waals surface area (Å²) >= 11 is 14.7. The zero-order valence-electron chi connectivity index (χ0n) is 18.8. The van der Waals surface area contributed by atoms with E-state index in [1.54, 1.807) is 6.08 Å². The summed E-state index contributed by atoms with van der Waals surface area (Å²) in [6.45, 7) is 2.68. The van der Waals surface area contributed by atoms with Crippen LogP contribution in [-0.4, -0.2) is 21.8 Å². The van der Waals surface area contributed by atoms with Crippen molar-refractivity contribution in [2.24, 2.45) is 0 Å². The fourth-order valence-electron chi connectivity index (χ4n) is 3.38. The van der Waals surface area contributed by atoms with E-state index in [1.165, 1.54) is 40.9 Å². The van der Waals surface area contributed by atoms with Crippen molar-refractivity contribution in [1.29, 1.82) is 0 Å². The van der Waals surface area contributed by atoms with E-state index >= 15 is 0 Å². The Morgan fingerprint density at radius 3 is 2.47 bits per heavy atom. The highest BCUT2D eigenvalue weighted by atomic mass is 127. The van der Waals surface area contributed by atoms with E-state index in [9.17, 15) is 14.9 Å². The Hall–Kier alpha value is -2.67. The molecule has 1 amide bonds. The van der Waals surface area contributed by atoms with Crippen molar-refractivity contribution in [3.63, 3.8) is 0 Å². The van der Waals surface area contributed by atoms with E-state index in [1.807, 2.05) is 43.3 Å². The van der Waals surface area contributed by atoms with Gasteiger partial charge >= 0.3 is 0 Å². The number of carbonyl (C=O) groups excluding carboxylic acids is 1. The Labute approximate surface area is 235 Å². The smallest absolute Gasteiger partial charge is 0.270 e. The molecular weight excluding hydrogens is 635 g/mol. The second kappa shape index (κ2) is 11.6. The Morgan fingerprint density at radius 2 is 1.83 bits per heavy atom.